The molecule has 0 saturated carbocycles. The second-order valence-corrected chi connectivity index (χ2v) is 8.44. The molecule has 1 heterocycles. The largest absolute Gasteiger partial charge is 0.493 e. The van der Waals surface area contributed by atoms with Gasteiger partial charge in [-0.1, -0.05) is 44.2 Å². The molecular weight excluding hydrogens is 452 g/mol. The maximum absolute atomic E-state index is 12.3. The van der Waals surface area contributed by atoms with E-state index < -0.39 is 0 Å². The number of nitrogens with one attached hydrogen (secondary N) is 1. The molecule has 0 fully saturated rings. The molecule has 0 spiro atoms. The van der Waals surface area contributed by atoms with Crippen molar-refractivity contribution in [2.45, 2.75) is 46.6 Å². The van der Waals surface area contributed by atoms with Crippen molar-refractivity contribution in [3.63, 3.8) is 0 Å². The smallest absolute Gasteiger partial charge is 0.323 e. The molecule has 1 atom stereocenters. The topological polar surface area (TPSA) is 73.6 Å². The molecule has 3 rings (SSSR count). The number of rotatable bonds is 12. The van der Waals surface area contributed by atoms with E-state index in [4.69, 9.17) is 13.9 Å². The van der Waals surface area contributed by atoms with Crippen LogP contribution in [0.1, 0.15) is 37.8 Å². The van der Waals surface area contributed by atoms with Gasteiger partial charge in [-0.3, -0.25) is 4.79 Å². The van der Waals surface area contributed by atoms with Gasteiger partial charge in [0, 0.05) is 12.0 Å². The summed E-state index contributed by atoms with van der Waals surface area (Å²) in [7, 11) is 0. The second-order valence-electron chi connectivity index (χ2n) is 8.44. The molecule has 184 valence electrons. The van der Waals surface area contributed by atoms with E-state index in [0.717, 1.165) is 34.9 Å². The number of ether oxygens (including phenoxy) is 2. The number of aromatic nitrogens is 1. The van der Waals surface area contributed by atoms with Crippen LogP contribution in [0.3, 0.4) is 0 Å². The minimum atomic E-state index is -0.354. The lowest BCUT2D eigenvalue weighted by Gasteiger charge is -2.19. The van der Waals surface area contributed by atoms with Crippen molar-refractivity contribution < 1.29 is 18.7 Å². The summed E-state index contributed by atoms with van der Waals surface area (Å²) in [6.45, 7) is 9.63. The van der Waals surface area contributed by atoms with Crippen LogP contribution in [0, 0.1) is 12.8 Å². The average molecular weight is 487 g/mol. The molecule has 0 aliphatic rings. The Morgan fingerprint density at radius 1 is 1.09 bits per heavy atom. The van der Waals surface area contributed by atoms with Gasteiger partial charge < -0.3 is 19.2 Å². The standard InChI is InChI=1S/C27H34N2O4.ClH/c1-5-31-27(30)25(28-18-19(2)3)17-21-11-13-23(14-12-21)32-16-15-24-20(4)33-26(29-24)22-9-7-6-8-10-22;/h6-14,19,25,28H,5,15-18H2,1-4H3;1H/t25-;/m0./s1. The summed E-state index contributed by atoms with van der Waals surface area (Å²) >= 11 is 0. The number of carbonyl (C=O) groups excluding carboxylic acids is 1. The lowest BCUT2D eigenvalue weighted by atomic mass is 10.0. The van der Waals surface area contributed by atoms with Gasteiger partial charge in [0.05, 0.1) is 18.9 Å². The van der Waals surface area contributed by atoms with Crippen LogP contribution in [0.5, 0.6) is 5.75 Å². The van der Waals surface area contributed by atoms with E-state index in [1.54, 1.807) is 0 Å². The molecule has 34 heavy (non-hydrogen) atoms. The van der Waals surface area contributed by atoms with E-state index in [1.165, 1.54) is 0 Å². The summed E-state index contributed by atoms with van der Waals surface area (Å²) in [6.07, 6.45) is 1.24. The van der Waals surface area contributed by atoms with Crippen molar-refractivity contribution in [1.82, 2.24) is 10.3 Å². The predicted molar refractivity (Wildman–Crippen MR) is 137 cm³/mol. The molecule has 0 bridgehead atoms. The first-order valence-corrected chi connectivity index (χ1v) is 11.6. The van der Waals surface area contributed by atoms with Crippen LogP contribution >= 0.6 is 12.4 Å². The third-order valence-corrected chi connectivity index (χ3v) is 5.23. The SMILES string of the molecule is CCOC(=O)[C@H](Cc1ccc(OCCc2nc(-c3ccccc3)oc2C)cc1)NCC(C)C.Cl. The van der Waals surface area contributed by atoms with Gasteiger partial charge >= 0.3 is 5.97 Å². The molecule has 6 nitrogen and oxygen atoms in total. The van der Waals surface area contributed by atoms with Crippen molar-refractivity contribution >= 4 is 18.4 Å². The van der Waals surface area contributed by atoms with Crippen molar-refractivity contribution in [1.29, 1.82) is 0 Å². The minimum Gasteiger partial charge on any atom is -0.493 e. The van der Waals surface area contributed by atoms with Crippen LogP contribution < -0.4 is 10.1 Å². The molecule has 0 saturated heterocycles. The van der Waals surface area contributed by atoms with Crippen LogP contribution in [-0.4, -0.2) is 36.8 Å². The molecule has 0 unspecified atom stereocenters. The Labute approximate surface area is 208 Å². The van der Waals surface area contributed by atoms with Gasteiger partial charge in [-0.05, 0) is 62.6 Å². The Morgan fingerprint density at radius 3 is 2.44 bits per heavy atom. The van der Waals surface area contributed by atoms with Gasteiger partial charge in [0.2, 0.25) is 5.89 Å². The summed E-state index contributed by atoms with van der Waals surface area (Å²) in [5, 5.41) is 3.32. The van der Waals surface area contributed by atoms with Crippen LogP contribution in [-0.2, 0) is 22.4 Å². The van der Waals surface area contributed by atoms with Crippen molar-refractivity contribution in [3.8, 4) is 17.2 Å². The Bertz CT molecular complexity index is 1000. The number of oxazole rings is 1. The van der Waals surface area contributed by atoms with E-state index in [-0.39, 0.29) is 24.4 Å². The zero-order valence-electron chi connectivity index (χ0n) is 20.4. The van der Waals surface area contributed by atoms with Crippen molar-refractivity contribution in [2.75, 3.05) is 19.8 Å². The maximum atomic E-state index is 12.3. The number of nitrogens with zero attached hydrogens (tertiary/aromatic N) is 1. The maximum Gasteiger partial charge on any atom is 0.323 e. The molecule has 3 aromatic rings. The summed E-state index contributed by atoms with van der Waals surface area (Å²) in [6, 6.07) is 17.4. The summed E-state index contributed by atoms with van der Waals surface area (Å²) < 4.78 is 17.0. The first-order valence-electron chi connectivity index (χ1n) is 11.6. The second kappa shape index (κ2) is 13.8. The van der Waals surface area contributed by atoms with Gasteiger partial charge in [0.15, 0.2) is 0 Å². The molecule has 0 aliphatic carbocycles. The molecule has 0 amide bonds. The van der Waals surface area contributed by atoms with Gasteiger partial charge in [0.1, 0.15) is 17.6 Å². The number of benzene rings is 2. The zero-order chi connectivity index (χ0) is 23.6. The Hall–Kier alpha value is -2.83. The normalized spacial score (nSPS) is 11.7. The molecule has 1 aromatic heterocycles. The number of hydrogen-bond donors (Lipinski definition) is 1. The average Bonchev–Trinajstić information content (AvgIpc) is 3.18. The van der Waals surface area contributed by atoms with Crippen molar-refractivity contribution in [2.24, 2.45) is 5.92 Å². The van der Waals surface area contributed by atoms with Gasteiger partial charge in [0.25, 0.3) is 0 Å². The molecule has 7 heteroatoms. The summed E-state index contributed by atoms with van der Waals surface area (Å²) in [4.78, 5) is 16.9. The molecule has 0 aliphatic heterocycles. The monoisotopic (exact) mass is 486 g/mol. The van der Waals surface area contributed by atoms with E-state index in [1.807, 2.05) is 68.4 Å². The number of aryl methyl sites for hydroxylation is 1. The first-order chi connectivity index (χ1) is 16.0. The third-order valence-electron chi connectivity index (χ3n) is 5.23. The van der Waals surface area contributed by atoms with Gasteiger partial charge in [-0.15, -0.1) is 12.4 Å². The number of esters is 1. The Balaban J connectivity index is 0.00000408. The molecule has 1 N–H and O–H groups in total. The van der Waals surface area contributed by atoms with Crippen LogP contribution in [0.4, 0.5) is 0 Å². The fourth-order valence-electron chi connectivity index (χ4n) is 3.45. The highest BCUT2D eigenvalue weighted by Gasteiger charge is 2.20. The van der Waals surface area contributed by atoms with E-state index in [2.05, 4.69) is 24.1 Å². The quantitative estimate of drug-likeness (QED) is 0.345. The fraction of sp³-hybridized carbons (Fsp3) is 0.407. The van der Waals surface area contributed by atoms with Crippen LogP contribution in [0.15, 0.2) is 59.0 Å². The summed E-state index contributed by atoms with van der Waals surface area (Å²) in [5.74, 6) is 2.47. The predicted octanol–water partition coefficient (Wildman–Crippen LogP) is 5.41. The summed E-state index contributed by atoms with van der Waals surface area (Å²) in [5.41, 5.74) is 2.92. The number of carbonyl (C=O) groups is 1. The first kappa shape index (κ1) is 27.4. The molecular formula is C27H35ClN2O4. The van der Waals surface area contributed by atoms with Crippen LogP contribution in [0.25, 0.3) is 11.5 Å². The number of hydrogen-bond acceptors (Lipinski definition) is 6. The lowest BCUT2D eigenvalue weighted by Crippen LogP contribution is -2.41. The number of halogens is 1. The van der Waals surface area contributed by atoms with Gasteiger partial charge in [-0.2, -0.15) is 0 Å². The van der Waals surface area contributed by atoms with E-state index in [0.29, 0.717) is 37.9 Å². The van der Waals surface area contributed by atoms with Gasteiger partial charge in [-0.25, -0.2) is 4.98 Å². The zero-order valence-corrected chi connectivity index (χ0v) is 21.2. The van der Waals surface area contributed by atoms with Crippen LogP contribution in [0.2, 0.25) is 0 Å². The lowest BCUT2D eigenvalue weighted by molar-refractivity contribution is -0.145. The van der Waals surface area contributed by atoms with Crippen molar-refractivity contribution in [3.05, 3.63) is 71.6 Å². The minimum absolute atomic E-state index is 0. The highest BCUT2D eigenvalue weighted by Crippen LogP contribution is 2.22. The highest BCUT2D eigenvalue weighted by atomic mass is 35.5. The highest BCUT2D eigenvalue weighted by molar-refractivity contribution is 5.85. The van der Waals surface area contributed by atoms with E-state index >= 15 is 0 Å². The Morgan fingerprint density at radius 2 is 1.79 bits per heavy atom. The van der Waals surface area contributed by atoms with E-state index in [9.17, 15) is 4.79 Å². The Kier molecular flexibility index (Phi) is 11.1. The molecule has 0 radical (unpaired) electrons. The fourth-order valence-corrected chi connectivity index (χ4v) is 3.45. The third kappa shape index (κ3) is 8.19. The molecule has 2 aromatic carbocycles.